The highest BCUT2D eigenvalue weighted by Gasteiger charge is 2.39. The minimum atomic E-state index is -1.09. The maximum absolute atomic E-state index is 13.2. The number of carboxylic acids is 1. The standard InChI is InChI=1S/C26H43N3O6/c1-26(2,3)35-25(34)28-16-11-19(12-17-28)9-10-21(30)29-15-7-8-20(18-29)23(31)22(24(32)33)27-13-5-4-6-14-27/h19-20,22H,4-18H2,1-3H3,(H,32,33). The van der Waals surface area contributed by atoms with Crippen LogP contribution in [-0.4, -0.2) is 94.5 Å². The van der Waals surface area contributed by atoms with Crippen LogP contribution >= 0.6 is 0 Å². The maximum atomic E-state index is 13.2. The molecule has 2 unspecified atom stereocenters. The number of carbonyl (C=O) groups excluding carboxylic acids is 3. The lowest BCUT2D eigenvalue weighted by atomic mass is 9.88. The molecule has 0 aromatic heterocycles. The highest BCUT2D eigenvalue weighted by molar-refractivity contribution is 6.03. The predicted molar refractivity (Wildman–Crippen MR) is 131 cm³/mol. The molecule has 0 saturated carbocycles. The summed E-state index contributed by atoms with van der Waals surface area (Å²) >= 11 is 0. The van der Waals surface area contributed by atoms with Gasteiger partial charge in [0.05, 0.1) is 0 Å². The molecule has 3 aliphatic rings. The zero-order chi connectivity index (χ0) is 25.6. The van der Waals surface area contributed by atoms with E-state index in [4.69, 9.17) is 4.74 Å². The van der Waals surface area contributed by atoms with Crippen molar-refractivity contribution < 1.29 is 29.0 Å². The molecule has 3 heterocycles. The fraction of sp³-hybridized carbons (Fsp3) is 0.846. The monoisotopic (exact) mass is 493 g/mol. The average molecular weight is 494 g/mol. The van der Waals surface area contributed by atoms with Crippen molar-refractivity contribution in [2.75, 3.05) is 39.3 Å². The number of aliphatic carboxylic acids is 1. The first-order valence-corrected chi connectivity index (χ1v) is 13.3. The number of Topliss-reactive ketones (excluding diaryl/α,β-unsaturated/α-hetero) is 1. The van der Waals surface area contributed by atoms with Gasteiger partial charge >= 0.3 is 12.1 Å². The molecule has 3 fully saturated rings. The molecule has 1 N–H and O–H groups in total. The van der Waals surface area contributed by atoms with Crippen LogP contribution in [0.4, 0.5) is 4.79 Å². The van der Waals surface area contributed by atoms with Gasteiger partial charge in [0.1, 0.15) is 5.60 Å². The summed E-state index contributed by atoms with van der Waals surface area (Å²) in [6, 6.07) is -1.09. The van der Waals surface area contributed by atoms with Crippen LogP contribution in [0.25, 0.3) is 0 Å². The Kier molecular flexibility index (Phi) is 9.55. The number of nitrogens with zero attached hydrogens (tertiary/aromatic N) is 3. The van der Waals surface area contributed by atoms with Crippen LogP contribution in [0.3, 0.4) is 0 Å². The van der Waals surface area contributed by atoms with E-state index in [1.165, 1.54) is 0 Å². The van der Waals surface area contributed by atoms with Gasteiger partial charge in [-0.25, -0.2) is 4.79 Å². The van der Waals surface area contributed by atoms with Crippen molar-refractivity contribution in [2.24, 2.45) is 11.8 Å². The SMILES string of the molecule is CC(C)(C)OC(=O)N1CCC(CCC(=O)N2CCCC(C(=O)C(C(=O)O)N3CCCCC3)C2)CC1. The van der Waals surface area contributed by atoms with Crippen molar-refractivity contribution >= 4 is 23.8 Å². The molecular weight excluding hydrogens is 450 g/mol. The highest BCUT2D eigenvalue weighted by atomic mass is 16.6. The largest absolute Gasteiger partial charge is 0.480 e. The molecule has 35 heavy (non-hydrogen) atoms. The molecule has 0 aromatic rings. The molecule has 0 aliphatic carbocycles. The van der Waals surface area contributed by atoms with Gasteiger partial charge in [-0.1, -0.05) is 6.42 Å². The van der Waals surface area contributed by atoms with Gasteiger partial charge in [-0.2, -0.15) is 0 Å². The Morgan fingerprint density at radius 3 is 2.14 bits per heavy atom. The van der Waals surface area contributed by atoms with Crippen molar-refractivity contribution in [1.29, 1.82) is 0 Å². The van der Waals surface area contributed by atoms with E-state index in [1.54, 1.807) is 14.7 Å². The first-order chi connectivity index (χ1) is 16.5. The minimum Gasteiger partial charge on any atom is -0.480 e. The van der Waals surface area contributed by atoms with E-state index in [0.717, 1.165) is 44.9 Å². The number of carboxylic acid groups (broad SMARTS) is 1. The summed E-state index contributed by atoms with van der Waals surface area (Å²) in [5.41, 5.74) is -0.508. The van der Waals surface area contributed by atoms with Gasteiger partial charge < -0.3 is 19.6 Å². The van der Waals surface area contributed by atoms with Crippen molar-refractivity contribution in [3.8, 4) is 0 Å². The molecular formula is C26H43N3O6. The first kappa shape index (κ1) is 27.4. The van der Waals surface area contributed by atoms with Crippen molar-refractivity contribution in [3.05, 3.63) is 0 Å². The first-order valence-electron chi connectivity index (χ1n) is 13.3. The van der Waals surface area contributed by atoms with Crippen LogP contribution in [0.1, 0.15) is 78.6 Å². The van der Waals surface area contributed by atoms with Gasteiger partial charge in [0.15, 0.2) is 11.8 Å². The van der Waals surface area contributed by atoms with Gasteiger partial charge in [-0.15, -0.1) is 0 Å². The number of amides is 2. The second kappa shape index (κ2) is 12.2. The van der Waals surface area contributed by atoms with Crippen LogP contribution in [0.5, 0.6) is 0 Å². The molecule has 9 heteroatoms. The summed E-state index contributed by atoms with van der Waals surface area (Å²) < 4.78 is 5.45. The Hall–Kier alpha value is -2.16. The van der Waals surface area contributed by atoms with Crippen LogP contribution in [0.2, 0.25) is 0 Å². The van der Waals surface area contributed by atoms with E-state index < -0.39 is 23.5 Å². The molecule has 3 aliphatic heterocycles. The summed E-state index contributed by atoms with van der Waals surface area (Å²) in [6.07, 6.45) is 6.89. The molecule has 0 radical (unpaired) electrons. The Balaban J connectivity index is 1.45. The molecule has 2 atom stereocenters. The number of piperidine rings is 3. The summed E-state index contributed by atoms with van der Waals surface area (Å²) in [6.45, 7) is 9.10. The number of ketones is 1. The lowest BCUT2D eigenvalue weighted by Crippen LogP contribution is -2.53. The number of rotatable bonds is 7. The Morgan fingerprint density at radius 2 is 1.54 bits per heavy atom. The smallest absolute Gasteiger partial charge is 0.410 e. The van der Waals surface area contributed by atoms with E-state index in [0.29, 0.717) is 58.0 Å². The fourth-order valence-electron chi connectivity index (χ4n) is 5.51. The highest BCUT2D eigenvalue weighted by Crippen LogP contribution is 2.26. The van der Waals surface area contributed by atoms with Gasteiger partial charge in [0, 0.05) is 38.5 Å². The quantitative estimate of drug-likeness (QED) is 0.543. The molecule has 0 spiro atoms. The number of likely N-dealkylation sites (tertiary alicyclic amines) is 3. The fourth-order valence-corrected chi connectivity index (χ4v) is 5.51. The summed E-state index contributed by atoms with van der Waals surface area (Å²) in [7, 11) is 0. The molecule has 0 bridgehead atoms. The van der Waals surface area contributed by atoms with Crippen LogP contribution in [0.15, 0.2) is 0 Å². The van der Waals surface area contributed by atoms with E-state index in [2.05, 4.69) is 0 Å². The normalized spacial score (nSPS) is 23.6. The Labute approximate surface area is 209 Å². The third-order valence-electron chi connectivity index (χ3n) is 7.47. The van der Waals surface area contributed by atoms with Crippen molar-refractivity contribution in [3.63, 3.8) is 0 Å². The topological polar surface area (TPSA) is 107 Å². The third kappa shape index (κ3) is 7.92. The number of hydrogen-bond acceptors (Lipinski definition) is 6. The Morgan fingerprint density at radius 1 is 0.886 bits per heavy atom. The molecule has 198 valence electrons. The Bertz CT molecular complexity index is 766. The summed E-state index contributed by atoms with van der Waals surface area (Å²) in [4.78, 5) is 55.6. The third-order valence-corrected chi connectivity index (χ3v) is 7.47. The lowest BCUT2D eigenvalue weighted by molar-refractivity contribution is -0.151. The maximum Gasteiger partial charge on any atom is 0.410 e. The minimum absolute atomic E-state index is 0.0434. The zero-order valence-electron chi connectivity index (χ0n) is 21.7. The molecule has 2 amide bonds. The average Bonchev–Trinajstić information content (AvgIpc) is 2.82. The van der Waals surface area contributed by atoms with Crippen LogP contribution in [0, 0.1) is 11.8 Å². The number of hydrogen-bond donors (Lipinski definition) is 1. The zero-order valence-corrected chi connectivity index (χ0v) is 21.7. The van der Waals surface area contributed by atoms with Gasteiger partial charge in [0.2, 0.25) is 5.91 Å². The van der Waals surface area contributed by atoms with Crippen molar-refractivity contribution in [1.82, 2.24) is 14.7 Å². The number of ether oxygens (including phenoxy) is 1. The van der Waals surface area contributed by atoms with E-state index in [9.17, 15) is 24.3 Å². The molecule has 0 aromatic carbocycles. The lowest BCUT2D eigenvalue weighted by Gasteiger charge is -2.37. The van der Waals surface area contributed by atoms with Crippen LogP contribution in [-0.2, 0) is 19.1 Å². The number of carbonyl (C=O) groups is 4. The van der Waals surface area contributed by atoms with Gasteiger partial charge in [-0.3, -0.25) is 19.3 Å². The second-order valence-electron chi connectivity index (χ2n) is 11.4. The predicted octanol–water partition coefficient (Wildman–Crippen LogP) is 3.16. The second-order valence-corrected chi connectivity index (χ2v) is 11.4. The molecule has 3 rings (SSSR count). The molecule has 9 nitrogen and oxygen atoms in total. The summed E-state index contributed by atoms with van der Waals surface area (Å²) in [5, 5.41) is 9.76. The van der Waals surface area contributed by atoms with Crippen LogP contribution < -0.4 is 0 Å². The van der Waals surface area contributed by atoms with Gasteiger partial charge in [-0.05, 0) is 84.7 Å². The van der Waals surface area contributed by atoms with E-state index in [1.807, 2.05) is 20.8 Å². The van der Waals surface area contributed by atoms with Gasteiger partial charge in [0.25, 0.3) is 0 Å². The molecule has 3 saturated heterocycles. The van der Waals surface area contributed by atoms with E-state index in [-0.39, 0.29) is 17.8 Å². The van der Waals surface area contributed by atoms with E-state index >= 15 is 0 Å². The summed E-state index contributed by atoms with van der Waals surface area (Å²) in [5.74, 6) is -1.30. The van der Waals surface area contributed by atoms with Crippen molar-refractivity contribution in [2.45, 2.75) is 90.2 Å².